The van der Waals surface area contributed by atoms with Crippen LogP contribution in [0.25, 0.3) is 22.3 Å². The summed E-state index contributed by atoms with van der Waals surface area (Å²) in [7, 11) is 0. The summed E-state index contributed by atoms with van der Waals surface area (Å²) in [6, 6.07) is 18.4. The number of nitrogen functional groups attached to an aromatic ring is 1. The lowest BCUT2D eigenvalue weighted by molar-refractivity contribution is -0.0260. The normalized spacial score (nSPS) is 20.7. The van der Waals surface area contributed by atoms with Crippen molar-refractivity contribution in [1.29, 1.82) is 0 Å². The first kappa shape index (κ1) is 26.3. The van der Waals surface area contributed by atoms with Crippen LogP contribution in [0, 0.1) is 0 Å². The first-order chi connectivity index (χ1) is 20.0. The van der Waals surface area contributed by atoms with E-state index in [9.17, 15) is 0 Å². The van der Waals surface area contributed by atoms with Crippen LogP contribution in [0.4, 0.5) is 10.2 Å². The molecule has 2 aromatic heterocycles. The van der Waals surface area contributed by atoms with E-state index in [-0.39, 0.29) is 6.04 Å². The zero-order valence-corrected chi connectivity index (χ0v) is 23.3. The summed E-state index contributed by atoms with van der Waals surface area (Å²) in [6.07, 6.45) is 4.74. The van der Waals surface area contributed by atoms with Crippen molar-refractivity contribution in [2.75, 3.05) is 51.5 Å². The largest absolute Gasteiger partial charge is 0.457 e. The Bertz CT molecular complexity index is 1470. The molecule has 41 heavy (non-hydrogen) atoms. The molecule has 0 bridgehead atoms. The van der Waals surface area contributed by atoms with Crippen molar-refractivity contribution in [1.82, 2.24) is 34.9 Å². The number of nitrogens with one attached hydrogen (secondary N) is 1. The molecule has 7 rings (SSSR count). The van der Waals surface area contributed by atoms with Crippen LogP contribution in [0.5, 0.6) is 11.5 Å². The monoisotopic (exact) mass is 556 g/mol. The van der Waals surface area contributed by atoms with Gasteiger partial charge in [-0.15, -0.1) is 0 Å². The minimum absolute atomic E-state index is 0.234. The Labute approximate surface area is 239 Å². The van der Waals surface area contributed by atoms with Crippen molar-refractivity contribution in [3.8, 4) is 22.8 Å². The second kappa shape index (κ2) is 11.0. The highest BCUT2D eigenvalue weighted by Gasteiger charge is 2.40. The summed E-state index contributed by atoms with van der Waals surface area (Å²) in [5, 5.41) is 9.13. The van der Waals surface area contributed by atoms with Crippen LogP contribution >= 0.6 is 0 Å². The SMILES string of the molecule is Nc1ncnc2c1c(-c1ccc(Oc3ccccc3)cc1)nn2C1CCN(C2CN(CC3(F)CCNCC3)C2)CC1. The number of halogens is 1. The molecular formula is C31H37FN8O. The van der Waals surface area contributed by atoms with Crippen LogP contribution in [0.3, 0.4) is 0 Å². The molecule has 0 atom stereocenters. The van der Waals surface area contributed by atoms with Gasteiger partial charge in [-0.2, -0.15) is 5.10 Å². The summed E-state index contributed by atoms with van der Waals surface area (Å²) in [6.45, 7) is 6.07. The predicted molar refractivity (Wildman–Crippen MR) is 158 cm³/mol. The van der Waals surface area contributed by atoms with Gasteiger partial charge in [0.05, 0.1) is 11.4 Å². The van der Waals surface area contributed by atoms with Gasteiger partial charge < -0.3 is 15.8 Å². The molecule has 3 fully saturated rings. The number of anilines is 1. The minimum atomic E-state index is -1.03. The fraction of sp³-hybridized carbons (Fsp3) is 0.452. The number of alkyl halides is 1. The number of hydrogen-bond donors (Lipinski definition) is 2. The highest BCUT2D eigenvalue weighted by Crippen LogP contribution is 2.36. The molecule has 0 unspecified atom stereocenters. The first-order valence-electron chi connectivity index (χ1n) is 14.7. The third-order valence-corrected chi connectivity index (χ3v) is 8.93. The van der Waals surface area contributed by atoms with Crippen LogP contribution in [-0.2, 0) is 0 Å². The Morgan fingerprint density at radius 2 is 1.63 bits per heavy atom. The molecule has 5 heterocycles. The maximum absolute atomic E-state index is 15.1. The van der Waals surface area contributed by atoms with E-state index in [1.165, 1.54) is 6.33 Å². The van der Waals surface area contributed by atoms with E-state index in [4.69, 9.17) is 15.6 Å². The maximum Gasteiger partial charge on any atom is 0.164 e. The standard InChI is InChI=1S/C31H37FN8O/c32-31(12-14-34-15-13-31)20-38-18-24(19-38)39-16-10-23(11-17-39)40-30-27(29(33)35-21-36-30)28(37-40)22-6-8-26(9-7-22)41-25-4-2-1-3-5-25/h1-9,21,23-24,34H,10-20H2,(H2,33,35,36). The number of nitrogens with zero attached hydrogens (tertiary/aromatic N) is 6. The summed E-state index contributed by atoms with van der Waals surface area (Å²) < 4.78 is 23.1. The zero-order valence-electron chi connectivity index (χ0n) is 23.3. The third-order valence-electron chi connectivity index (χ3n) is 8.93. The Morgan fingerprint density at radius 1 is 0.927 bits per heavy atom. The number of benzene rings is 2. The summed E-state index contributed by atoms with van der Waals surface area (Å²) in [4.78, 5) is 13.8. The summed E-state index contributed by atoms with van der Waals surface area (Å²) >= 11 is 0. The van der Waals surface area contributed by atoms with E-state index in [1.54, 1.807) is 0 Å². The fourth-order valence-corrected chi connectivity index (χ4v) is 6.59. The van der Waals surface area contributed by atoms with Crippen LogP contribution in [0.15, 0.2) is 60.9 Å². The number of hydrogen-bond acceptors (Lipinski definition) is 8. The Morgan fingerprint density at radius 3 is 2.37 bits per heavy atom. The average Bonchev–Trinajstić information content (AvgIpc) is 3.37. The van der Waals surface area contributed by atoms with Gasteiger partial charge >= 0.3 is 0 Å². The van der Waals surface area contributed by atoms with Gasteiger partial charge in [0.25, 0.3) is 0 Å². The predicted octanol–water partition coefficient (Wildman–Crippen LogP) is 4.28. The second-order valence-corrected chi connectivity index (χ2v) is 11.7. The molecular weight excluding hydrogens is 519 g/mol. The van der Waals surface area contributed by atoms with E-state index in [1.807, 2.05) is 54.6 Å². The number of likely N-dealkylation sites (tertiary alicyclic amines) is 2. The van der Waals surface area contributed by atoms with Crippen LogP contribution < -0.4 is 15.8 Å². The fourth-order valence-electron chi connectivity index (χ4n) is 6.59. The van der Waals surface area contributed by atoms with E-state index in [0.29, 0.717) is 31.2 Å². The quantitative estimate of drug-likeness (QED) is 0.348. The van der Waals surface area contributed by atoms with Crippen molar-refractivity contribution >= 4 is 16.9 Å². The molecule has 0 saturated carbocycles. The highest BCUT2D eigenvalue weighted by atomic mass is 19.1. The molecule has 10 heteroatoms. The van der Waals surface area contributed by atoms with Crippen molar-refractivity contribution in [2.45, 2.75) is 43.4 Å². The first-order valence-corrected chi connectivity index (χ1v) is 14.7. The Balaban J connectivity index is 1.03. The number of piperidine rings is 2. The molecule has 0 radical (unpaired) electrons. The summed E-state index contributed by atoms with van der Waals surface area (Å²) in [5.41, 5.74) is 7.86. The molecule has 3 aliphatic rings. The molecule has 0 spiro atoms. The topological polar surface area (TPSA) is 97.4 Å². The Kier molecular flexibility index (Phi) is 7.06. The van der Waals surface area contributed by atoms with Gasteiger partial charge in [0.1, 0.15) is 35.0 Å². The van der Waals surface area contributed by atoms with Crippen molar-refractivity contribution in [3.63, 3.8) is 0 Å². The molecule has 3 aliphatic heterocycles. The summed E-state index contributed by atoms with van der Waals surface area (Å²) in [5.74, 6) is 1.99. The average molecular weight is 557 g/mol. The van der Waals surface area contributed by atoms with Gasteiger partial charge in [-0.1, -0.05) is 18.2 Å². The zero-order chi connectivity index (χ0) is 27.8. The second-order valence-electron chi connectivity index (χ2n) is 11.7. The highest BCUT2D eigenvalue weighted by molar-refractivity contribution is 5.98. The molecule has 0 aliphatic carbocycles. The number of fused-ring (bicyclic) bond motifs is 1. The molecule has 3 N–H and O–H groups in total. The van der Waals surface area contributed by atoms with Crippen molar-refractivity contribution in [2.24, 2.45) is 0 Å². The maximum atomic E-state index is 15.1. The van der Waals surface area contributed by atoms with Crippen molar-refractivity contribution < 1.29 is 9.13 Å². The van der Waals surface area contributed by atoms with Crippen LogP contribution in [-0.4, -0.2) is 87.1 Å². The lowest BCUT2D eigenvalue weighted by atomic mass is 9.91. The van der Waals surface area contributed by atoms with Gasteiger partial charge in [-0.05, 0) is 75.2 Å². The van der Waals surface area contributed by atoms with Gasteiger partial charge in [0.2, 0.25) is 0 Å². The van der Waals surface area contributed by atoms with Crippen LogP contribution in [0.2, 0.25) is 0 Å². The smallest absolute Gasteiger partial charge is 0.164 e. The molecule has 214 valence electrons. The van der Waals surface area contributed by atoms with E-state index >= 15 is 4.39 Å². The third kappa shape index (κ3) is 5.39. The number of ether oxygens (including phenoxy) is 1. The number of aromatic nitrogens is 4. The Hall–Kier alpha value is -3.60. The molecule has 2 aromatic carbocycles. The van der Waals surface area contributed by atoms with E-state index in [0.717, 1.165) is 85.9 Å². The molecule has 3 saturated heterocycles. The minimum Gasteiger partial charge on any atom is -0.457 e. The van der Waals surface area contributed by atoms with Gasteiger partial charge in [0, 0.05) is 44.3 Å². The number of rotatable bonds is 7. The molecule has 9 nitrogen and oxygen atoms in total. The number of nitrogens with two attached hydrogens (primary N) is 1. The lowest BCUT2D eigenvalue weighted by Gasteiger charge is -2.49. The molecule has 4 aromatic rings. The number of para-hydroxylation sites is 1. The molecule has 0 amide bonds. The van der Waals surface area contributed by atoms with E-state index in [2.05, 4.69) is 29.8 Å². The van der Waals surface area contributed by atoms with Gasteiger partial charge in [-0.25, -0.2) is 19.0 Å². The van der Waals surface area contributed by atoms with Gasteiger partial charge in [0.15, 0.2) is 5.65 Å². The lowest BCUT2D eigenvalue weighted by Crippen LogP contribution is -2.63. The van der Waals surface area contributed by atoms with E-state index < -0.39 is 5.67 Å². The van der Waals surface area contributed by atoms with Crippen molar-refractivity contribution in [3.05, 3.63) is 60.9 Å². The van der Waals surface area contributed by atoms with Crippen LogP contribution in [0.1, 0.15) is 31.7 Å². The van der Waals surface area contributed by atoms with Gasteiger partial charge in [-0.3, -0.25) is 9.80 Å².